The molecular weight excluding hydrogens is 366 g/mol. The maximum absolute atomic E-state index is 12.9. The molecule has 7 heteroatoms. The van der Waals surface area contributed by atoms with Crippen molar-refractivity contribution in [2.75, 3.05) is 12.3 Å². The van der Waals surface area contributed by atoms with Crippen LogP contribution in [0.15, 0.2) is 33.5 Å². The second-order valence-electron chi connectivity index (χ2n) is 6.22. The number of thioether (sulfide) groups is 1. The molecule has 0 aliphatic rings. The Morgan fingerprint density at radius 3 is 2.77 bits per heavy atom. The summed E-state index contributed by atoms with van der Waals surface area (Å²) < 4.78 is 1.60. The van der Waals surface area contributed by atoms with Crippen molar-refractivity contribution in [1.82, 2.24) is 14.9 Å². The molecule has 2 heterocycles. The molecule has 1 amide bonds. The molecule has 0 radical (unpaired) electrons. The Balaban J connectivity index is 1.97. The molecular formula is C19H21N3O2S2. The van der Waals surface area contributed by atoms with Gasteiger partial charge in [-0.1, -0.05) is 30.0 Å². The number of nitrogens with zero attached hydrogens (tertiary/aromatic N) is 2. The topological polar surface area (TPSA) is 64.0 Å². The smallest absolute Gasteiger partial charge is 0.263 e. The number of hydrogen-bond donors (Lipinski definition) is 1. The number of benzene rings is 1. The summed E-state index contributed by atoms with van der Waals surface area (Å²) in [6.45, 7) is 6.19. The summed E-state index contributed by atoms with van der Waals surface area (Å²) in [7, 11) is 1.75. The largest absolute Gasteiger partial charge is 0.356 e. The molecule has 136 valence electrons. The molecule has 0 spiro atoms. The maximum atomic E-state index is 12.9. The minimum atomic E-state index is -0.0563. The molecule has 2 aromatic heterocycles. The van der Waals surface area contributed by atoms with E-state index in [1.165, 1.54) is 41.1 Å². The van der Waals surface area contributed by atoms with E-state index in [4.69, 9.17) is 0 Å². The molecule has 3 rings (SSSR count). The van der Waals surface area contributed by atoms with Gasteiger partial charge in [-0.2, -0.15) is 0 Å². The minimum Gasteiger partial charge on any atom is -0.356 e. The monoisotopic (exact) mass is 387 g/mol. The highest BCUT2D eigenvalue weighted by Gasteiger charge is 2.16. The molecule has 0 bridgehead atoms. The first-order valence-electron chi connectivity index (χ1n) is 8.31. The molecule has 1 N–H and O–H groups in total. The van der Waals surface area contributed by atoms with Gasteiger partial charge in [-0.05, 0) is 30.5 Å². The second-order valence-corrected chi connectivity index (χ2v) is 8.14. The first kappa shape index (κ1) is 18.7. The Kier molecular flexibility index (Phi) is 5.48. The zero-order chi connectivity index (χ0) is 18.8. The number of fused-ring (bicyclic) bond motifs is 1. The van der Waals surface area contributed by atoms with Gasteiger partial charge in [-0.15, -0.1) is 11.3 Å². The third kappa shape index (κ3) is 3.68. The van der Waals surface area contributed by atoms with Crippen molar-refractivity contribution in [3.8, 4) is 11.1 Å². The van der Waals surface area contributed by atoms with Crippen molar-refractivity contribution in [3.63, 3.8) is 0 Å². The van der Waals surface area contributed by atoms with Crippen LogP contribution in [-0.4, -0.2) is 27.8 Å². The van der Waals surface area contributed by atoms with E-state index in [0.717, 1.165) is 16.0 Å². The number of aromatic nitrogens is 2. The fourth-order valence-electron chi connectivity index (χ4n) is 2.67. The van der Waals surface area contributed by atoms with E-state index in [2.05, 4.69) is 42.3 Å². The van der Waals surface area contributed by atoms with Crippen LogP contribution in [0.2, 0.25) is 0 Å². The highest BCUT2D eigenvalue weighted by Crippen LogP contribution is 2.32. The lowest BCUT2D eigenvalue weighted by Gasteiger charge is -2.09. The predicted molar refractivity (Wildman–Crippen MR) is 109 cm³/mol. The summed E-state index contributed by atoms with van der Waals surface area (Å²) in [6, 6.07) is 6.25. The van der Waals surface area contributed by atoms with Crippen LogP contribution in [0.3, 0.4) is 0 Å². The molecule has 1 aromatic carbocycles. The number of hydrogen-bond acceptors (Lipinski definition) is 5. The van der Waals surface area contributed by atoms with Gasteiger partial charge >= 0.3 is 0 Å². The Bertz CT molecular complexity index is 1040. The van der Waals surface area contributed by atoms with Crippen molar-refractivity contribution >= 4 is 39.2 Å². The van der Waals surface area contributed by atoms with Crippen LogP contribution in [0.5, 0.6) is 0 Å². The number of aryl methyl sites for hydroxylation is 2. The van der Waals surface area contributed by atoms with Gasteiger partial charge in [0.25, 0.3) is 5.56 Å². The maximum Gasteiger partial charge on any atom is 0.263 e. The summed E-state index contributed by atoms with van der Waals surface area (Å²) >= 11 is 2.96. The predicted octanol–water partition coefficient (Wildman–Crippen LogP) is 3.51. The van der Waals surface area contributed by atoms with Gasteiger partial charge in [0.15, 0.2) is 5.16 Å². The van der Waals surface area contributed by atoms with Crippen molar-refractivity contribution < 1.29 is 4.79 Å². The van der Waals surface area contributed by atoms with Crippen LogP contribution in [0, 0.1) is 13.8 Å². The highest BCUT2D eigenvalue weighted by molar-refractivity contribution is 7.99. The molecule has 0 aliphatic heterocycles. The van der Waals surface area contributed by atoms with Gasteiger partial charge in [-0.3, -0.25) is 14.2 Å². The molecule has 5 nitrogen and oxygen atoms in total. The zero-order valence-corrected chi connectivity index (χ0v) is 16.9. The lowest BCUT2D eigenvalue weighted by Crippen LogP contribution is -2.23. The average molecular weight is 388 g/mol. The van der Waals surface area contributed by atoms with Crippen molar-refractivity contribution in [2.45, 2.75) is 25.9 Å². The van der Waals surface area contributed by atoms with Crippen LogP contribution in [0.4, 0.5) is 0 Å². The molecule has 0 fully saturated rings. The number of carbonyl (C=O) groups excluding carboxylic acids is 1. The first-order chi connectivity index (χ1) is 12.4. The normalized spacial score (nSPS) is 11.1. The van der Waals surface area contributed by atoms with Gasteiger partial charge in [0, 0.05) is 37.2 Å². The Morgan fingerprint density at radius 1 is 1.31 bits per heavy atom. The Morgan fingerprint density at radius 2 is 2.08 bits per heavy atom. The van der Waals surface area contributed by atoms with E-state index in [9.17, 15) is 9.59 Å². The average Bonchev–Trinajstić information content (AvgIpc) is 3.02. The summed E-state index contributed by atoms with van der Waals surface area (Å²) in [4.78, 5) is 29.3. The first-order valence-corrected chi connectivity index (χ1v) is 10.2. The lowest BCUT2D eigenvalue weighted by atomic mass is 10.0. The molecule has 0 aliphatic carbocycles. The molecule has 0 saturated carbocycles. The third-order valence-corrected chi connectivity index (χ3v) is 6.20. The number of carbonyl (C=O) groups is 1. The summed E-state index contributed by atoms with van der Waals surface area (Å²) in [5, 5.41) is 6.10. The van der Waals surface area contributed by atoms with E-state index in [1.54, 1.807) is 11.6 Å². The number of thiophene rings is 1. The van der Waals surface area contributed by atoms with Gasteiger partial charge < -0.3 is 5.32 Å². The van der Waals surface area contributed by atoms with Crippen molar-refractivity contribution in [2.24, 2.45) is 7.05 Å². The Labute approximate surface area is 160 Å². The quantitative estimate of drug-likeness (QED) is 0.413. The second kappa shape index (κ2) is 7.63. The molecule has 0 saturated heterocycles. The highest BCUT2D eigenvalue weighted by atomic mass is 32.2. The molecule has 26 heavy (non-hydrogen) atoms. The number of amides is 1. The lowest BCUT2D eigenvalue weighted by molar-refractivity contribution is -0.118. The minimum absolute atomic E-state index is 0.0356. The zero-order valence-electron chi connectivity index (χ0n) is 15.3. The van der Waals surface area contributed by atoms with E-state index in [1.807, 2.05) is 5.38 Å². The molecule has 0 unspecified atom stereocenters. The third-order valence-electron chi connectivity index (χ3n) is 4.30. The van der Waals surface area contributed by atoms with Crippen LogP contribution >= 0.6 is 23.1 Å². The van der Waals surface area contributed by atoms with Gasteiger partial charge in [0.05, 0.1) is 5.39 Å². The van der Waals surface area contributed by atoms with Crippen molar-refractivity contribution in [1.29, 1.82) is 0 Å². The van der Waals surface area contributed by atoms with Crippen LogP contribution < -0.4 is 10.9 Å². The van der Waals surface area contributed by atoms with E-state index in [-0.39, 0.29) is 11.5 Å². The fourth-order valence-corrected chi connectivity index (χ4v) is 4.49. The standard InChI is InChI=1S/C19H21N3O2S2/c1-11-5-6-14(9-12(11)2)15-10-26-17-16(15)18(24)22(4)19(21-17)25-8-7-20-13(3)23/h5-6,9-10H,7-8H2,1-4H3,(H,20,23). The number of nitrogens with one attached hydrogen (secondary N) is 1. The van der Waals surface area contributed by atoms with Gasteiger partial charge in [0.2, 0.25) is 5.91 Å². The van der Waals surface area contributed by atoms with Crippen LogP contribution in [0.1, 0.15) is 18.1 Å². The molecule has 3 aromatic rings. The summed E-state index contributed by atoms with van der Waals surface area (Å²) in [5.74, 6) is 0.611. The van der Waals surface area contributed by atoms with Crippen LogP contribution in [0.25, 0.3) is 21.3 Å². The van der Waals surface area contributed by atoms with E-state index in [0.29, 0.717) is 22.8 Å². The summed E-state index contributed by atoms with van der Waals surface area (Å²) in [6.07, 6.45) is 0. The van der Waals surface area contributed by atoms with E-state index >= 15 is 0 Å². The number of rotatable bonds is 5. The van der Waals surface area contributed by atoms with Gasteiger partial charge in [-0.25, -0.2) is 4.98 Å². The summed E-state index contributed by atoms with van der Waals surface area (Å²) in [5.41, 5.74) is 4.39. The SMILES string of the molecule is CC(=O)NCCSc1nc2scc(-c3ccc(C)c(C)c3)c2c(=O)n1C. The Hall–Kier alpha value is -2.12. The molecule has 0 atom stereocenters. The van der Waals surface area contributed by atoms with Gasteiger partial charge in [0.1, 0.15) is 4.83 Å². The van der Waals surface area contributed by atoms with Crippen LogP contribution in [-0.2, 0) is 11.8 Å². The van der Waals surface area contributed by atoms with E-state index < -0.39 is 0 Å². The van der Waals surface area contributed by atoms with Crippen molar-refractivity contribution in [3.05, 3.63) is 45.1 Å². The fraction of sp³-hybridized carbons (Fsp3) is 0.316.